The van der Waals surface area contributed by atoms with Crippen LogP contribution in [0.2, 0.25) is 0 Å². The number of benzene rings is 1. The van der Waals surface area contributed by atoms with Crippen LogP contribution in [0.1, 0.15) is 50.8 Å². The van der Waals surface area contributed by atoms with Crippen LogP contribution >= 0.6 is 0 Å². The molecule has 0 spiro atoms. The molecule has 0 bridgehead atoms. The van der Waals surface area contributed by atoms with Crippen LogP contribution in [0.3, 0.4) is 0 Å². The average molecular weight is 304 g/mol. The highest BCUT2D eigenvalue weighted by atomic mass is 16.5. The monoisotopic (exact) mass is 304 g/mol. The highest BCUT2D eigenvalue weighted by Gasteiger charge is 2.08. The number of hydrogen-bond acceptors (Lipinski definition) is 3. The minimum absolute atomic E-state index is 0.310. The average Bonchev–Trinajstić information content (AvgIpc) is 2.46. The van der Waals surface area contributed by atoms with Gasteiger partial charge in [-0.3, -0.25) is 0 Å². The van der Waals surface area contributed by atoms with Crippen molar-refractivity contribution in [2.75, 3.05) is 13.2 Å². The third-order valence-electron chi connectivity index (χ3n) is 3.39. The molecule has 0 saturated heterocycles. The van der Waals surface area contributed by atoms with Crippen molar-refractivity contribution in [2.24, 2.45) is 5.92 Å². The number of hydrogen-bond donors (Lipinski definition) is 0. The number of ether oxygens (including phenoxy) is 2. The molecule has 0 saturated carbocycles. The largest absolute Gasteiger partial charge is 0.493 e. The highest BCUT2D eigenvalue weighted by molar-refractivity contribution is 5.87. The molecule has 1 aromatic rings. The Bertz CT molecular complexity index is 516. The molecular formula is C19H28O3. The molecule has 0 amide bonds. The number of carbonyl (C=O) groups excluding carboxylic acids is 1. The van der Waals surface area contributed by atoms with Gasteiger partial charge in [0.15, 0.2) is 0 Å². The quantitative estimate of drug-likeness (QED) is 0.522. The molecule has 0 fully saturated rings. The van der Waals surface area contributed by atoms with Crippen LogP contribution in [0, 0.1) is 12.8 Å². The fourth-order valence-electron chi connectivity index (χ4n) is 2.19. The van der Waals surface area contributed by atoms with Crippen LogP contribution in [0.25, 0.3) is 6.08 Å². The van der Waals surface area contributed by atoms with Crippen LogP contribution in [0.15, 0.2) is 18.2 Å². The summed E-state index contributed by atoms with van der Waals surface area (Å²) in [7, 11) is 0. The maximum absolute atomic E-state index is 11.4. The Hall–Kier alpha value is -1.77. The molecule has 0 radical (unpaired) electrons. The van der Waals surface area contributed by atoms with Crippen molar-refractivity contribution in [3.63, 3.8) is 0 Å². The molecule has 0 aliphatic heterocycles. The molecular weight excluding hydrogens is 276 g/mol. The van der Waals surface area contributed by atoms with Gasteiger partial charge in [0.25, 0.3) is 0 Å². The minimum atomic E-state index is -0.310. The SMILES string of the molecule is CCOC(=O)/C=C/c1cc(C)c(OCCC(C)C)c(CC)c1. The summed E-state index contributed by atoms with van der Waals surface area (Å²) in [6.45, 7) is 11.5. The van der Waals surface area contributed by atoms with Crippen LogP contribution in [0.4, 0.5) is 0 Å². The van der Waals surface area contributed by atoms with E-state index in [1.165, 1.54) is 11.6 Å². The first kappa shape index (κ1) is 18.3. The maximum atomic E-state index is 11.4. The molecule has 1 aromatic carbocycles. The first-order valence-electron chi connectivity index (χ1n) is 8.09. The predicted molar refractivity (Wildman–Crippen MR) is 91.2 cm³/mol. The predicted octanol–water partition coefficient (Wildman–Crippen LogP) is 4.56. The Morgan fingerprint density at radius 1 is 1.27 bits per heavy atom. The number of aryl methyl sites for hydroxylation is 2. The number of rotatable bonds is 8. The van der Waals surface area contributed by atoms with Crippen LogP contribution < -0.4 is 4.74 Å². The van der Waals surface area contributed by atoms with Gasteiger partial charge in [0.2, 0.25) is 0 Å². The van der Waals surface area contributed by atoms with E-state index in [-0.39, 0.29) is 5.97 Å². The molecule has 3 nitrogen and oxygen atoms in total. The second kappa shape index (κ2) is 9.29. The molecule has 3 heteroatoms. The lowest BCUT2D eigenvalue weighted by Gasteiger charge is -2.15. The lowest BCUT2D eigenvalue weighted by molar-refractivity contribution is -0.137. The van der Waals surface area contributed by atoms with Crippen molar-refractivity contribution < 1.29 is 14.3 Å². The van der Waals surface area contributed by atoms with Crippen molar-refractivity contribution in [3.8, 4) is 5.75 Å². The summed E-state index contributed by atoms with van der Waals surface area (Å²) in [5.41, 5.74) is 3.28. The smallest absolute Gasteiger partial charge is 0.330 e. The zero-order valence-electron chi connectivity index (χ0n) is 14.4. The third-order valence-corrected chi connectivity index (χ3v) is 3.39. The first-order chi connectivity index (χ1) is 10.5. The zero-order chi connectivity index (χ0) is 16.5. The Kier molecular flexibility index (Phi) is 7.72. The first-order valence-corrected chi connectivity index (χ1v) is 8.09. The van der Waals surface area contributed by atoms with Crippen molar-refractivity contribution in [1.82, 2.24) is 0 Å². The van der Waals surface area contributed by atoms with Gasteiger partial charge in [-0.15, -0.1) is 0 Å². The molecule has 0 aliphatic carbocycles. The van der Waals surface area contributed by atoms with Gasteiger partial charge in [0.05, 0.1) is 13.2 Å². The molecule has 0 aliphatic rings. The van der Waals surface area contributed by atoms with Crippen LogP contribution in [-0.2, 0) is 16.0 Å². The molecule has 0 atom stereocenters. The van der Waals surface area contributed by atoms with E-state index < -0.39 is 0 Å². The lowest BCUT2D eigenvalue weighted by atomic mass is 10.0. The summed E-state index contributed by atoms with van der Waals surface area (Å²) in [4.78, 5) is 11.4. The summed E-state index contributed by atoms with van der Waals surface area (Å²) >= 11 is 0. The maximum Gasteiger partial charge on any atom is 0.330 e. The van der Waals surface area contributed by atoms with E-state index in [0.29, 0.717) is 12.5 Å². The van der Waals surface area contributed by atoms with Crippen molar-refractivity contribution in [3.05, 3.63) is 34.9 Å². The van der Waals surface area contributed by atoms with Gasteiger partial charge in [0.1, 0.15) is 5.75 Å². The van der Waals surface area contributed by atoms with E-state index in [1.54, 1.807) is 13.0 Å². The van der Waals surface area contributed by atoms with Crippen molar-refractivity contribution >= 4 is 12.0 Å². The third kappa shape index (κ3) is 5.92. The highest BCUT2D eigenvalue weighted by Crippen LogP contribution is 2.27. The van der Waals surface area contributed by atoms with E-state index >= 15 is 0 Å². The zero-order valence-corrected chi connectivity index (χ0v) is 14.4. The summed E-state index contributed by atoms with van der Waals surface area (Å²) in [6.07, 6.45) is 5.21. The van der Waals surface area contributed by atoms with Gasteiger partial charge in [0, 0.05) is 6.08 Å². The second-order valence-corrected chi connectivity index (χ2v) is 5.80. The minimum Gasteiger partial charge on any atom is -0.493 e. The van der Waals surface area contributed by atoms with Gasteiger partial charge in [-0.2, -0.15) is 0 Å². The van der Waals surface area contributed by atoms with E-state index in [0.717, 1.165) is 36.3 Å². The Balaban J connectivity index is 2.87. The Labute approximate surface area is 134 Å². The van der Waals surface area contributed by atoms with Gasteiger partial charge in [-0.25, -0.2) is 4.79 Å². The second-order valence-electron chi connectivity index (χ2n) is 5.80. The summed E-state index contributed by atoms with van der Waals surface area (Å²) in [5.74, 6) is 1.31. The van der Waals surface area contributed by atoms with Crippen molar-refractivity contribution in [1.29, 1.82) is 0 Å². The van der Waals surface area contributed by atoms with Gasteiger partial charge >= 0.3 is 5.97 Å². The lowest BCUT2D eigenvalue weighted by Crippen LogP contribution is -2.05. The van der Waals surface area contributed by atoms with E-state index in [9.17, 15) is 4.79 Å². The summed E-state index contributed by atoms with van der Waals surface area (Å²) in [6, 6.07) is 4.12. The fourth-order valence-corrected chi connectivity index (χ4v) is 2.19. The number of esters is 1. The van der Waals surface area contributed by atoms with Gasteiger partial charge in [-0.05, 0) is 67.5 Å². The topological polar surface area (TPSA) is 35.5 Å². The summed E-state index contributed by atoms with van der Waals surface area (Å²) in [5, 5.41) is 0. The number of carbonyl (C=O) groups is 1. The molecule has 0 aromatic heterocycles. The van der Waals surface area contributed by atoms with Gasteiger partial charge in [-0.1, -0.05) is 20.8 Å². The normalized spacial score (nSPS) is 11.2. The molecule has 22 heavy (non-hydrogen) atoms. The van der Waals surface area contributed by atoms with Crippen LogP contribution in [-0.4, -0.2) is 19.2 Å². The Morgan fingerprint density at radius 3 is 2.59 bits per heavy atom. The molecule has 122 valence electrons. The molecule has 0 heterocycles. The fraction of sp³-hybridized carbons (Fsp3) is 0.526. The summed E-state index contributed by atoms with van der Waals surface area (Å²) < 4.78 is 10.9. The van der Waals surface area contributed by atoms with Crippen LogP contribution in [0.5, 0.6) is 5.75 Å². The Morgan fingerprint density at radius 2 is 2.00 bits per heavy atom. The standard InChI is InChI=1S/C19H28O3/c1-6-17-13-16(8-9-18(20)21-7-2)12-15(5)19(17)22-11-10-14(3)4/h8-9,12-14H,6-7,10-11H2,1-5H3/b9-8+. The molecule has 0 N–H and O–H groups in total. The van der Waals surface area contributed by atoms with E-state index in [2.05, 4.69) is 26.8 Å². The van der Waals surface area contributed by atoms with E-state index in [1.807, 2.05) is 13.0 Å². The van der Waals surface area contributed by atoms with Gasteiger partial charge < -0.3 is 9.47 Å². The molecule has 0 unspecified atom stereocenters. The van der Waals surface area contributed by atoms with Crippen molar-refractivity contribution in [2.45, 2.75) is 47.5 Å². The molecule has 1 rings (SSSR count). The van der Waals surface area contributed by atoms with E-state index in [4.69, 9.17) is 9.47 Å².